The van der Waals surface area contributed by atoms with Crippen LogP contribution in [0.3, 0.4) is 0 Å². The largest absolute Gasteiger partial charge is 0.218 e. The zero-order valence-electron chi connectivity index (χ0n) is 16.3. The third-order valence-electron chi connectivity index (χ3n) is 4.88. The molecule has 32 heavy (non-hydrogen) atoms. The first kappa shape index (κ1) is 21.9. The van der Waals surface area contributed by atoms with Crippen molar-refractivity contribution in [3.63, 3.8) is 0 Å². The van der Waals surface area contributed by atoms with Crippen molar-refractivity contribution in [1.29, 1.82) is 0 Å². The molecule has 0 radical (unpaired) electrons. The SMILES string of the molecule is Clc1ccc(-c2csc(-n3nc(-c4ccc(Br)cc4)c(Cl)c3-c3ccc(Br)cc3)n2)cc1. The van der Waals surface area contributed by atoms with E-state index in [9.17, 15) is 0 Å². The molecule has 2 aromatic heterocycles. The Balaban J connectivity index is 1.67. The Morgan fingerprint density at radius 3 is 1.91 bits per heavy atom. The Kier molecular flexibility index (Phi) is 6.23. The highest BCUT2D eigenvalue weighted by molar-refractivity contribution is 9.10. The minimum atomic E-state index is 0.581. The molecule has 3 aromatic carbocycles. The fourth-order valence-electron chi connectivity index (χ4n) is 3.30. The molecule has 0 aliphatic rings. The normalized spacial score (nSPS) is 11.1. The van der Waals surface area contributed by atoms with Crippen LogP contribution in [-0.2, 0) is 0 Å². The van der Waals surface area contributed by atoms with Crippen molar-refractivity contribution in [3.8, 4) is 38.9 Å². The maximum Gasteiger partial charge on any atom is 0.211 e. The number of thiazole rings is 1. The van der Waals surface area contributed by atoms with Crippen LogP contribution in [0.5, 0.6) is 0 Å². The maximum absolute atomic E-state index is 6.92. The highest BCUT2D eigenvalue weighted by Gasteiger charge is 2.22. The molecule has 0 bridgehead atoms. The molecule has 3 nitrogen and oxygen atoms in total. The average Bonchev–Trinajstić information content (AvgIpc) is 3.41. The first-order valence-electron chi connectivity index (χ1n) is 9.52. The Bertz CT molecular complexity index is 1390. The van der Waals surface area contributed by atoms with Gasteiger partial charge in [-0.25, -0.2) is 9.67 Å². The van der Waals surface area contributed by atoms with Crippen LogP contribution in [0.25, 0.3) is 38.9 Å². The van der Waals surface area contributed by atoms with E-state index in [1.54, 1.807) is 0 Å². The summed E-state index contributed by atoms with van der Waals surface area (Å²) in [6.45, 7) is 0. The molecule has 0 aliphatic carbocycles. The van der Waals surface area contributed by atoms with Crippen molar-refractivity contribution < 1.29 is 0 Å². The molecule has 158 valence electrons. The Hall–Kier alpha value is -1.96. The Morgan fingerprint density at radius 2 is 1.28 bits per heavy atom. The average molecular weight is 606 g/mol. The minimum absolute atomic E-state index is 0.581. The van der Waals surface area contributed by atoms with E-state index in [0.717, 1.165) is 42.2 Å². The van der Waals surface area contributed by atoms with Gasteiger partial charge in [0.2, 0.25) is 5.13 Å². The van der Waals surface area contributed by atoms with E-state index in [4.69, 9.17) is 33.3 Å². The molecular weight excluding hydrogens is 593 g/mol. The fourth-order valence-corrected chi connectivity index (χ4v) is 5.08. The zero-order valence-corrected chi connectivity index (χ0v) is 21.8. The van der Waals surface area contributed by atoms with Gasteiger partial charge in [-0.15, -0.1) is 11.3 Å². The topological polar surface area (TPSA) is 30.7 Å². The quantitative estimate of drug-likeness (QED) is 0.204. The molecule has 0 fully saturated rings. The summed E-state index contributed by atoms with van der Waals surface area (Å²) in [5.74, 6) is 0. The molecule has 5 rings (SSSR count). The van der Waals surface area contributed by atoms with Gasteiger partial charge in [0.05, 0.1) is 16.4 Å². The fraction of sp³-hybridized carbons (Fsp3) is 0. The molecule has 0 amide bonds. The summed E-state index contributed by atoms with van der Waals surface area (Å²) in [5.41, 5.74) is 5.25. The van der Waals surface area contributed by atoms with Crippen molar-refractivity contribution in [1.82, 2.24) is 14.8 Å². The highest BCUT2D eigenvalue weighted by Crippen LogP contribution is 2.39. The number of nitrogens with zero attached hydrogens (tertiary/aromatic N) is 3. The lowest BCUT2D eigenvalue weighted by atomic mass is 10.1. The molecular formula is C24H13Br2Cl2N3S. The molecule has 0 N–H and O–H groups in total. The van der Waals surface area contributed by atoms with E-state index in [1.165, 1.54) is 11.3 Å². The summed E-state index contributed by atoms with van der Waals surface area (Å²) in [4.78, 5) is 4.85. The lowest BCUT2D eigenvalue weighted by molar-refractivity contribution is 0.881. The van der Waals surface area contributed by atoms with Crippen LogP contribution in [0, 0.1) is 0 Å². The summed E-state index contributed by atoms with van der Waals surface area (Å²) in [5, 5.41) is 8.91. The maximum atomic E-state index is 6.92. The van der Waals surface area contributed by atoms with Crippen LogP contribution in [0.4, 0.5) is 0 Å². The monoisotopic (exact) mass is 603 g/mol. The summed E-state index contributed by atoms with van der Waals surface area (Å²) < 4.78 is 3.82. The van der Waals surface area contributed by atoms with Gasteiger partial charge in [0.1, 0.15) is 5.69 Å². The van der Waals surface area contributed by atoms with Gasteiger partial charge in [0.25, 0.3) is 0 Å². The van der Waals surface area contributed by atoms with Gasteiger partial charge in [0, 0.05) is 36.0 Å². The van der Waals surface area contributed by atoms with Gasteiger partial charge in [-0.2, -0.15) is 5.10 Å². The van der Waals surface area contributed by atoms with Gasteiger partial charge < -0.3 is 0 Å². The number of hydrogen-bond acceptors (Lipinski definition) is 3. The summed E-state index contributed by atoms with van der Waals surface area (Å²) in [6, 6.07) is 23.6. The van der Waals surface area contributed by atoms with Gasteiger partial charge in [-0.05, 0) is 36.4 Å². The van der Waals surface area contributed by atoms with Crippen molar-refractivity contribution in [3.05, 3.63) is 97.2 Å². The molecule has 0 aliphatic heterocycles. The van der Waals surface area contributed by atoms with Crippen molar-refractivity contribution >= 4 is 66.4 Å². The van der Waals surface area contributed by atoms with Gasteiger partial charge in [0.15, 0.2) is 0 Å². The van der Waals surface area contributed by atoms with Crippen molar-refractivity contribution in [2.24, 2.45) is 0 Å². The third-order valence-corrected chi connectivity index (χ3v) is 7.36. The van der Waals surface area contributed by atoms with E-state index in [1.807, 2.05) is 82.9 Å². The van der Waals surface area contributed by atoms with Crippen molar-refractivity contribution in [2.45, 2.75) is 0 Å². The third kappa shape index (κ3) is 4.30. The lowest BCUT2D eigenvalue weighted by Crippen LogP contribution is -1.99. The van der Waals surface area contributed by atoms with Gasteiger partial charge in [-0.3, -0.25) is 0 Å². The highest BCUT2D eigenvalue weighted by atomic mass is 79.9. The number of aromatic nitrogens is 3. The number of hydrogen-bond donors (Lipinski definition) is 0. The second kappa shape index (κ2) is 9.12. The van der Waals surface area contributed by atoms with E-state index in [-0.39, 0.29) is 0 Å². The molecule has 0 unspecified atom stereocenters. The first-order chi connectivity index (χ1) is 15.5. The first-order valence-corrected chi connectivity index (χ1v) is 12.7. The van der Waals surface area contributed by atoms with E-state index in [2.05, 4.69) is 31.9 Å². The van der Waals surface area contributed by atoms with Crippen LogP contribution >= 0.6 is 66.4 Å². The number of benzene rings is 3. The van der Waals surface area contributed by atoms with E-state index < -0.39 is 0 Å². The van der Waals surface area contributed by atoms with Gasteiger partial charge >= 0.3 is 0 Å². The minimum Gasteiger partial charge on any atom is -0.218 e. The van der Waals surface area contributed by atoms with Crippen molar-refractivity contribution in [2.75, 3.05) is 0 Å². The second-order valence-electron chi connectivity index (χ2n) is 6.96. The van der Waals surface area contributed by atoms with E-state index in [0.29, 0.717) is 15.7 Å². The van der Waals surface area contributed by atoms with Crippen LogP contribution in [0.15, 0.2) is 87.1 Å². The summed E-state index contributed by atoms with van der Waals surface area (Å²) >= 11 is 21.5. The van der Waals surface area contributed by atoms with Crippen LogP contribution in [0.2, 0.25) is 10.0 Å². The molecule has 0 spiro atoms. The predicted octanol–water partition coefficient (Wildman–Crippen LogP) is 9.16. The molecule has 0 saturated heterocycles. The second-order valence-corrected chi connectivity index (χ2v) is 10.4. The lowest BCUT2D eigenvalue weighted by Gasteiger charge is -2.05. The van der Waals surface area contributed by atoms with E-state index >= 15 is 0 Å². The Labute approximate surface area is 215 Å². The Morgan fingerprint density at radius 1 is 0.719 bits per heavy atom. The molecule has 2 heterocycles. The molecule has 0 saturated carbocycles. The molecule has 5 aromatic rings. The zero-order chi connectivity index (χ0) is 22.2. The standard InChI is InChI=1S/C24H13Br2Cl2N3S/c25-17-7-1-15(2-8-17)22-21(28)23(16-3-9-18(26)10-4-16)31(30-22)24-29-20(13-32-24)14-5-11-19(27)12-6-14/h1-13H. The summed E-state index contributed by atoms with van der Waals surface area (Å²) in [6.07, 6.45) is 0. The smallest absolute Gasteiger partial charge is 0.211 e. The predicted molar refractivity (Wildman–Crippen MR) is 141 cm³/mol. The van der Waals surface area contributed by atoms with Crippen LogP contribution in [0.1, 0.15) is 0 Å². The summed E-state index contributed by atoms with van der Waals surface area (Å²) in [7, 11) is 0. The van der Waals surface area contributed by atoms with Gasteiger partial charge in [-0.1, -0.05) is 91.5 Å². The number of halogens is 4. The van der Waals surface area contributed by atoms with Crippen LogP contribution in [-0.4, -0.2) is 14.8 Å². The molecule has 0 atom stereocenters. The molecule has 8 heteroatoms. The van der Waals surface area contributed by atoms with Crippen LogP contribution < -0.4 is 0 Å². The number of rotatable bonds is 4.